The van der Waals surface area contributed by atoms with Crippen molar-refractivity contribution in [2.45, 2.75) is 12.8 Å². The molecule has 1 fully saturated rings. The van der Waals surface area contributed by atoms with Crippen molar-refractivity contribution in [1.82, 2.24) is 15.2 Å². The second-order valence-electron chi connectivity index (χ2n) is 6.61. The summed E-state index contributed by atoms with van der Waals surface area (Å²) in [5.74, 6) is -0.381. The summed E-state index contributed by atoms with van der Waals surface area (Å²) in [7, 11) is 0. The molecule has 0 spiro atoms. The van der Waals surface area contributed by atoms with Gasteiger partial charge in [-0.2, -0.15) is 0 Å². The van der Waals surface area contributed by atoms with Crippen molar-refractivity contribution in [2.75, 3.05) is 19.6 Å². The fourth-order valence-corrected chi connectivity index (χ4v) is 3.37. The molecule has 146 valence electrons. The number of likely N-dealkylation sites (tertiary alicyclic amines) is 1. The van der Waals surface area contributed by atoms with E-state index in [1.807, 2.05) is 0 Å². The second kappa shape index (κ2) is 8.79. The van der Waals surface area contributed by atoms with Gasteiger partial charge in [0.2, 0.25) is 0 Å². The fourth-order valence-electron chi connectivity index (χ4n) is 3.19. The Morgan fingerprint density at radius 2 is 2.04 bits per heavy atom. The van der Waals surface area contributed by atoms with E-state index < -0.39 is 10.8 Å². The number of nitrogens with one attached hydrogen (secondary N) is 1. The zero-order valence-electron chi connectivity index (χ0n) is 15.0. The van der Waals surface area contributed by atoms with Crippen LogP contribution < -0.4 is 5.32 Å². The van der Waals surface area contributed by atoms with Crippen LogP contribution in [0.5, 0.6) is 0 Å². The Morgan fingerprint density at radius 1 is 1.29 bits per heavy atom. The Balaban J connectivity index is 1.53. The van der Waals surface area contributed by atoms with Gasteiger partial charge in [-0.1, -0.05) is 11.6 Å². The number of rotatable bonds is 5. The minimum atomic E-state index is -0.603. The lowest BCUT2D eigenvalue weighted by atomic mass is 9.96. The standard InChI is InChI=1S/C19H19ClN4O4/c20-15-3-4-17(24(27)28)16(10-15)18(25)22-11-13-5-8-23(9-6-13)19(26)14-2-1-7-21-12-14/h1-4,7,10,12-13H,5-6,8-9,11H2,(H,22,25). The average Bonchev–Trinajstić information content (AvgIpc) is 2.72. The summed E-state index contributed by atoms with van der Waals surface area (Å²) in [4.78, 5) is 41.0. The van der Waals surface area contributed by atoms with Crippen LogP contribution in [0.4, 0.5) is 5.69 Å². The number of pyridine rings is 1. The van der Waals surface area contributed by atoms with Crippen LogP contribution in [0, 0.1) is 16.0 Å². The number of hydrogen-bond donors (Lipinski definition) is 1. The van der Waals surface area contributed by atoms with Gasteiger partial charge < -0.3 is 10.2 Å². The Kier molecular flexibility index (Phi) is 6.20. The van der Waals surface area contributed by atoms with E-state index in [0.29, 0.717) is 25.2 Å². The molecule has 3 rings (SSSR count). The van der Waals surface area contributed by atoms with Crippen molar-refractivity contribution in [1.29, 1.82) is 0 Å². The van der Waals surface area contributed by atoms with E-state index in [2.05, 4.69) is 10.3 Å². The van der Waals surface area contributed by atoms with Gasteiger partial charge in [0.1, 0.15) is 5.56 Å². The molecule has 1 aliphatic rings. The maximum Gasteiger partial charge on any atom is 0.282 e. The molecule has 8 nitrogen and oxygen atoms in total. The first kappa shape index (κ1) is 19.8. The molecule has 0 atom stereocenters. The molecule has 1 aromatic heterocycles. The lowest BCUT2D eigenvalue weighted by molar-refractivity contribution is -0.385. The average molecular weight is 403 g/mol. The number of nitro benzene ring substituents is 1. The molecule has 1 aromatic carbocycles. The molecular weight excluding hydrogens is 384 g/mol. The quantitative estimate of drug-likeness (QED) is 0.611. The van der Waals surface area contributed by atoms with Crippen LogP contribution in [0.25, 0.3) is 0 Å². The number of amides is 2. The minimum Gasteiger partial charge on any atom is -0.352 e. The topological polar surface area (TPSA) is 105 Å². The number of halogens is 1. The summed E-state index contributed by atoms with van der Waals surface area (Å²) >= 11 is 5.87. The zero-order chi connectivity index (χ0) is 20.1. The molecule has 0 saturated carbocycles. The van der Waals surface area contributed by atoms with Gasteiger partial charge in [0, 0.05) is 43.1 Å². The van der Waals surface area contributed by atoms with Crippen molar-refractivity contribution < 1.29 is 14.5 Å². The number of nitro groups is 1. The second-order valence-corrected chi connectivity index (χ2v) is 7.04. The van der Waals surface area contributed by atoms with E-state index in [-0.39, 0.29) is 28.1 Å². The zero-order valence-corrected chi connectivity index (χ0v) is 15.8. The summed E-state index contributed by atoms with van der Waals surface area (Å²) in [6, 6.07) is 7.36. The van der Waals surface area contributed by atoms with E-state index >= 15 is 0 Å². The first-order valence-corrected chi connectivity index (χ1v) is 9.25. The van der Waals surface area contributed by atoms with Crippen LogP contribution >= 0.6 is 11.6 Å². The monoisotopic (exact) mass is 402 g/mol. The molecule has 2 aromatic rings. The van der Waals surface area contributed by atoms with Gasteiger partial charge in [0.25, 0.3) is 17.5 Å². The van der Waals surface area contributed by atoms with Crippen molar-refractivity contribution in [3.05, 3.63) is 69.0 Å². The Hall–Kier alpha value is -3.00. The third-order valence-corrected chi connectivity index (χ3v) is 5.00. The smallest absolute Gasteiger partial charge is 0.282 e. The predicted octanol–water partition coefficient (Wildman–Crippen LogP) is 2.93. The number of nitrogens with zero attached hydrogens (tertiary/aromatic N) is 3. The molecule has 1 N–H and O–H groups in total. The third kappa shape index (κ3) is 4.64. The van der Waals surface area contributed by atoms with Gasteiger partial charge in [0.15, 0.2) is 0 Å². The van der Waals surface area contributed by atoms with Crippen molar-refractivity contribution in [3.63, 3.8) is 0 Å². The van der Waals surface area contributed by atoms with Gasteiger partial charge in [-0.3, -0.25) is 24.7 Å². The summed E-state index contributed by atoms with van der Waals surface area (Å²) in [5.41, 5.74) is 0.225. The number of aromatic nitrogens is 1. The number of benzene rings is 1. The van der Waals surface area contributed by atoms with Gasteiger partial charge >= 0.3 is 0 Å². The Morgan fingerprint density at radius 3 is 2.68 bits per heavy atom. The molecule has 1 saturated heterocycles. The largest absolute Gasteiger partial charge is 0.352 e. The van der Waals surface area contributed by atoms with Gasteiger partial charge in [-0.15, -0.1) is 0 Å². The normalized spacial score (nSPS) is 14.5. The summed E-state index contributed by atoms with van der Waals surface area (Å²) < 4.78 is 0. The van der Waals surface area contributed by atoms with Crippen molar-refractivity contribution >= 4 is 29.1 Å². The third-order valence-electron chi connectivity index (χ3n) is 4.76. The Labute approximate surface area is 166 Å². The lowest BCUT2D eigenvalue weighted by Crippen LogP contribution is -2.41. The van der Waals surface area contributed by atoms with Gasteiger partial charge in [0.05, 0.1) is 10.5 Å². The fraction of sp³-hybridized carbons (Fsp3) is 0.316. The Bertz CT molecular complexity index is 883. The maximum atomic E-state index is 12.4. The number of carbonyl (C=O) groups is 2. The van der Waals surface area contributed by atoms with Crippen molar-refractivity contribution in [2.24, 2.45) is 5.92 Å². The van der Waals surface area contributed by atoms with Crippen LogP contribution in [0.3, 0.4) is 0 Å². The molecule has 28 heavy (non-hydrogen) atoms. The number of hydrogen-bond acceptors (Lipinski definition) is 5. The highest BCUT2D eigenvalue weighted by molar-refractivity contribution is 6.31. The molecular formula is C19H19ClN4O4. The van der Waals surface area contributed by atoms with E-state index in [4.69, 9.17) is 11.6 Å². The van der Waals surface area contributed by atoms with Gasteiger partial charge in [-0.25, -0.2) is 0 Å². The summed E-state index contributed by atoms with van der Waals surface area (Å²) in [5, 5.41) is 14.1. The minimum absolute atomic E-state index is 0.0508. The lowest BCUT2D eigenvalue weighted by Gasteiger charge is -2.32. The molecule has 0 radical (unpaired) electrons. The highest BCUT2D eigenvalue weighted by Gasteiger charge is 2.25. The highest BCUT2D eigenvalue weighted by atomic mass is 35.5. The van der Waals surface area contributed by atoms with Crippen LogP contribution in [0.15, 0.2) is 42.7 Å². The summed E-state index contributed by atoms with van der Waals surface area (Å²) in [6.07, 6.45) is 4.65. The SMILES string of the molecule is O=C(NCC1CCN(C(=O)c2cccnc2)CC1)c1cc(Cl)ccc1[N+](=O)[O-]. The maximum absolute atomic E-state index is 12.4. The molecule has 9 heteroatoms. The van der Waals surface area contributed by atoms with Crippen LogP contribution in [-0.4, -0.2) is 46.3 Å². The number of piperidine rings is 1. The molecule has 0 bridgehead atoms. The molecule has 0 unspecified atom stereocenters. The first-order valence-electron chi connectivity index (χ1n) is 8.87. The molecule has 2 amide bonds. The predicted molar refractivity (Wildman–Crippen MR) is 103 cm³/mol. The highest BCUT2D eigenvalue weighted by Crippen LogP contribution is 2.23. The molecule has 0 aliphatic carbocycles. The van der Waals surface area contributed by atoms with Crippen LogP contribution in [-0.2, 0) is 0 Å². The van der Waals surface area contributed by atoms with Gasteiger partial charge in [-0.05, 0) is 43.0 Å². The van der Waals surface area contributed by atoms with E-state index in [0.717, 1.165) is 12.8 Å². The first-order chi connectivity index (χ1) is 13.5. The van der Waals surface area contributed by atoms with E-state index in [1.54, 1.807) is 29.4 Å². The summed E-state index contributed by atoms with van der Waals surface area (Å²) in [6.45, 7) is 1.56. The van der Waals surface area contributed by atoms with Crippen LogP contribution in [0.1, 0.15) is 33.6 Å². The van der Waals surface area contributed by atoms with E-state index in [9.17, 15) is 19.7 Å². The van der Waals surface area contributed by atoms with E-state index in [1.165, 1.54) is 18.2 Å². The molecule has 2 heterocycles. The number of carbonyl (C=O) groups excluding carboxylic acids is 2. The van der Waals surface area contributed by atoms with Crippen LogP contribution in [0.2, 0.25) is 5.02 Å². The molecule has 1 aliphatic heterocycles. The van der Waals surface area contributed by atoms with Crippen molar-refractivity contribution in [3.8, 4) is 0 Å².